The number of ether oxygens (including phenoxy) is 3. The Bertz CT molecular complexity index is 1820. The highest BCUT2D eigenvalue weighted by molar-refractivity contribution is 6.39. The van der Waals surface area contributed by atoms with Crippen LogP contribution >= 0.6 is 23.2 Å². The maximum atomic E-state index is 12.2. The average Bonchev–Trinajstić information content (AvgIpc) is 3.51. The predicted octanol–water partition coefficient (Wildman–Crippen LogP) is 6.60. The number of pyridine rings is 2. The molecule has 1 amide bonds. The van der Waals surface area contributed by atoms with Gasteiger partial charge in [0.2, 0.25) is 11.8 Å². The van der Waals surface area contributed by atoms with Crippen LogP contribution in [0.1, 0.15) is 44.7 Å². The summed E-state index contributed by atoms with van der Waals surface area (Å²) in [6.45, 7) is 7.02. The molecule has 1 saturated heterocycles. The van der Waals surface area contributed by atoms with E-state index in [2.05, 4.69) is 20.9 Å². The topological polar surface area (TPSA) is 124 Å². The first-order valence-electron chi connectivity index (χ1n) is 16.2. The normalized spacial score (nSPS) is 14.9. The average molecular weight is 707 g/mol. The minimum atomic E-state index is -0.482. The molecule has 0 aliphatic carbocycles. The van der Waals surface area contributed by atoms with Gasteiger partial charge < -0.3 is 30.2 Å². The number of amides is 1. The van der Waals surface area contributed by atoms with Gasteiger partial charge in [-0.25, -0.2) is 4.98 Å². The number of hydrogen-bond acceptors (Lipinski definition) is 9. The number of nitrogens with zero attached hydrogens (tertiary/aromatic N) is 2. The van der Waals surface area contributed by atoms with Gasteiger partial charge in [0.15, 0.2) is 0 Å². The van der Waals surface area contributed by atoms with Crippen LogP contribution in [0.5, 0.6) is 11.6 Å². The van der Waals surface area contributed by atoms with Gasteiger partial charge >= 0.3 is 5.97 Å². The number of hydrogen-bond donors (Lipinski definition) is 3. The third kappa shape index (κ3) is 8.69. The minimum absolute atomic E-state index is 0.0933. The van der Waals surface area contributed by atoms with Crippen molar-refractivity contribution in [2.45, 2.75) is 64.9 Å². The zero-order valence-corrected chi connectivity index (χ0v) is 29.7. The smallest absolute Gasteiger partial charge is 0.323 e. The molecule has 0 bridgehead atoms. The molecule has 1 fully saturated rings. The summed E-state index contributed by atoms with van der Waals surface area (Å²) in [6.07, 6.45) is 2.91. The lowest BCUT2D eigenvalue weighted by Crippen LogP contribution is -2.36. The number of carbonyl (C=O) groups excluding carboxylic acids is 2. The van der Waals surface area contributed by atoms with E-state index in [1.165, 1.54) is 0 Å². The van der Waals surface area contributed by atoms with E-state index < -0.39 is 6.04 Å². The van der Waals surface area contributed by atoms with Gasteiger partial charge in [0.25, 0.3) is 0 Å². The molecule has 258 valence electrons. The van der Waals surface area contributed by atoms with Crippen LogP contribution in [0.25, 0.3) is 33.6 Å². The Kier molecular flexibility index (Phi) is 12.1. The molecule has 2 aromatic carbocycles. The summed E-state index contributed by atoms with van der Waals surface area (Å²) in [6, 6.07) is 16.8. The lowest BCUT2D eigenvalue weighted by atomic mass is 9.99. The second-order valence-corrected chi connectivity index (χ2v) is 12.9. The first kappa shape index (κ1) is 36.1. The van der Waals surface area contributed by atoms with E-state index in [-0.39, 0.29) is 24.0 Å². The summed E-state index contributed by atoms with van der Waals surface area (Å²) < 4.78 is 16.6. The summed E-state index contributed by atoms with van der Waals surface area (Å²) in [5.41, 5.74) is 5.92. The van der Waals surface area contributed by atoms with Crippen molar-refractivity contribution >= 4 is 35.1 Å². The minimum Gasteiger partial charge on any atom is -0.496 e. The molecule has 0 spiro atoms. The van der Waals surface area contributed by atoms with E-state index in [0.29, 0.717) is 64.7 Å². The Balaban J connectivity index is 1.36. The Morgan fingerprint density at radius 3 is 2.43 bits per heavy atom. The predicted molar refractivity (Wildman–Crippen MR) is 192 cm³/mol. The number of aromatic nitrogens is 2. The molecule has 2 aromatic heterocycles. The molecule has 1 aliphatic heterocycles. The Hall–Kier alpha value is -4.22. The first-order chi connectivity index (χ1) is 23.6. The number of methoxy groups -OCH3 is 2. The molecule has 5 rings (SSSR count). The van der Waals surface area contributed by atoms with Crippen molar-refractivity contribution in [3.63, 3.8) is 0 Å². The largest absolute Gasteiger partial charge is 0.496 e. The second-order valence-electron chi connectivity index (χ2n) is 12.1. The number of carbonyl (C=O) groups is 2. The van der Waals surface area contributed by atoms with Gasteiger partial charge in [0, 0.05) is 71.7 Å². The second kappa shape index (κ2) is 16.5. The van der Waals surface area contributed by atoms with Crippen LogP contribution in [-0.4, -0.2) is 60.8 Å². The maximum Gasteiger partial charge on any atom is 0.323 e. The van der Waals surface area contributed by atoms with Gasteiger partial charge in [0.1, 0.15) is 11.8 Å². The van der Waals surface area contributed by atoms with Crippen molar-refractivity contribution < 1.29 is 23.8 Å². The molecule has 0 radical (unpaired) electrons. The van der Waals surface area contributed by atoms with Crippen molar-refractivity contribution in [3.8, 4) is 45.3 Å². The molecule has 0 saturated carbocycles. The summed E-state index contributed by atoms with van der Waals surface area (Å²) in [4.78, 5) is 33.1. The highest BCUT2D eigenvalue weighted by Crippen LogP contribution is 2.42. The molecule has 49 heavy (non-hydrogen) atoms. The summed E-state index contributed by atoms with van der Waals surface area (Å²) in [5, 5.41) is 10.5. The highest BCUT2D eigenvalue weighted by Gasteiger charge is 2.22. The van der Waals surface area contributed by atoms with E-state index in [4.69, 9.17) is 42.4 Å². The highest BCUT2D eigenvalue weighted by atomic mass is 35.5. The number of benzene rings is 2. The molecule has 1 aliphatic rings. The van der Waals surface area contributed by atoms with Crippen molar-refractivity contribution in [3.05, 3.63) is 82.0 Å². The fourth-order valence-electron chi connectivity index (χ4n) is 5.65. The molecule has 4 aromatic rings. The number of rotatable bonds is 14. The third-order valence-corrected chi connectivity index (χ3v) is 9.03. The van der Waals surface area contributed by atoms with Crippen LogP contribution in [0.15, 0.2) is 60.8 Å². The summed E-state index contributed by atoms with van der Waals surface area (Å²) in [7, 11) is 3.19. The molecule has 3 heterocycles. The van der Waals surface area contributed by atoms with E-state index in [1.54, 1.807) is 27.3 Å². The fourth-order valence-corrected chi connectivity index (χ4v) is 6.30. The van der Waals surface area contributed by atoms with Gasteiger partial charge in [-0.1, -0.05) is 59.6 Å². The third-order valence-electron chi connectivity index (χ3n) is 8.24. The van der Waals surface area contributed by atoms with Crippen LogP contribution < -0.4 is 25.4 Å². The quantitative estimate of drug-likeness (QED) is 0.125. The standard InChI is InChI=1S/C37H41Cl2N5O5/c1-21(2)49-37(46)22(3)42-19-24-10-9-23(17-31(24)47-4)35-34(39)28(15-16-41-35)27-7-6-8-29(33(27)38)30-13-11-25(36(44-30)48-5)18-40-20-26-12-14-32(45)43-26/h6-11,13,15-17,21-22,26,40,42H,12,14,18-20H2,1-5H3,(H,43,45)/t22-,26+/m0/s1. The number of nitrogens with one attached hydrogen (secondary N) is 3. The monoisotopic (exact) mass is 705 g/mol. The number of esters is 1. The van der Waals surface area contributed by atoms with Crippen LogP contribution in [-0.2, 0) is 27.4 Å². The SMILES string of the molecule is COc1cc(-c2nccc(-c3cccc(-c4ccc(CNC[C@H]5CCC(=O)N5)c(OC)n4)c3Cl)c2Cl)ccc1CN[C@@H](C)C(=O)OC(C)C. The fraction of sp³-hybridized carbons (Fsp3) is 0.351. The Morgan fingerprint density at radius 2 is 1.71 bits per heavy atom. The van der Waals surface area contributed by atoms with Gasteiger partial charge in [0.05, 0.1) is 41.8 Å². The Morgan fingerprint density at radius 1 is 0.959 bits per heavy atom. The molecule has 2 atom stereocenters. The molecule has 3 N–H and O–H groups in total. The van der Waals surface area contributed by atoms with Gasteiger partial charge in [-0.05, 0) is 45.4 Å². The van der Waals surface area contributed by atoms with Gasteiger partial charge in [-0.15, -0.1) is 0 Å². The van der Waals surface area contributed by atoms with E-state index >= 15 is 0 Å². The van der Waals surface area contributed by atoms with E-state index in [0.717, 1.165) is 34.2 Å². The van der Waals surface area contributed by atoms with Crippen molar-refractivity contribution in [2.24, 2.45) is 0 Å². The lowest BCUT2D eigenvalue weighted by molar-refractivity contribution is -0.149. The Labute approximate surface area is 296 Å². The van der Waals surface area contributed by atoms with Crippen LogP contribution in [0.2, 0.25) is 10.0 Å². The molecule has 0 unspecified atom stereocenters. The molecule has 12 heteroatoms. The first-order valence-corrected chi connectivity index (χ1v) is 16.9. The van der Waals surface area contributed by atoms with Crippen molar-refractivity contribution in [1.29, 1.82) is 0 Å². The summed E-state index contributed by atoms with van der Waals surface area (Å²) >= 11 is 14.1. The zero-order chi connectivity index (χ0) is 35.1. The number of halogens is 2. The van der Waals surface area contributed by atoms with Crippen LogP contribution in [0, 0.1) is 0 Å². The summed E-state index contributed by atoms with van der Waals surface area (Å²) in [5.74, 6) is 0.898. The van der Waals surface area contributed by atoms with E-state index in [9.17, 15) is 9.59 Å². The van der Waals surface area contributed by atoms with Gasteiger partial charge in [-0.2, -0.15) is 0 Å². The van der Waals surface area contributed by atoms with Gasteiger partial charge in [-0.3, -0.25) is 14.6 Å². The zero-order valence-electron chi connectivity index (χ0n) is 28.2. The van der Waals surface area contributed by atoms with Crippen molar-refractivity contribution in [2.75, 3.05) is 20.8 Å². The van der Waals surface area contributed by atoms with E-state index in [1.807, 2.05) is 68.4 Å². The maximum absolute atomic E-state index is 12.2. The molecule has 10 nitrogen and oxygen atoms in total. The molecular formula is C37H41Cl2N5O5. The lowest BCUT2D eigenvalue weighted by Gasteiger charge is -2.17. The molecular weight excluding hydrogens is 665 g/mol. The van der Waals surface area contributed by atoms with Crippen molar-refractivity contribution in [1.82, 2.24) is 25.9 Å². The van der Waals surface area contributed by atoms with Crippen LogP contribution in [0.3, 0.4) is 0 Å². The van der Waals surface area contributed by atoms with Crippen LogP contribution in [0.4, 0.5) is 0 Å².